The van der Waals surface area contributed by atoms with E-state index in [1.54, 1.807) is 48.5 Å². The number of nitriles is 1. The molecule has 7 aromatic carbocycles. The molecule has 0 spiro atoms. The number of carbonyl (C=O) groups excluding carboxylic acids is 4. The van der Waals surface area contributed by atoms with E-state index < -0.39 is 47.0 Å². The fourth-order valence-electron chi connectivity index (χ4n) is 8.72. The predicted molar refractivity (Wildman–Crippen MR) is 291 cm³/mol. The Morgan fingerprint density at radius 1 is 0.382 bits per heavy atom. The van der Waals surface area contributed by atoms with E-state index in [9.17, 15) is 24.4 Å². The summed E-state index contributed by atoms with van der Waals surface area (Å²) < 4.78 is 52.0. The molecule has 0 atom stereocenters. The van der Waals surface area contributed by atoms with Gasteiger partial charge in [0.1, 0.15) is 11.5 Å². The van der Waals surface area contributed by atoms with Gasteiger partial charge in [-0.05, 0) is 132 Å². The van der Waals surface area contributed by atoms with Crippen LogP contribution in [0.15, 0.2) is 152 Å². The number of halogens is 2. The number of carbonyl (C=O) groups is 4. The van der Waals surface area contributed by atoms with Crippen LogP contribution in [0.5, 0.6) is 23.0 Å². The van der Waals surface area contributed by atoms with E-state index >= 15 is 8.78 Å². The van der Waals surface area contributed by atoms with Crippen LogP contribution in [0.2, 0.25) is 0 Å². The van der Waals surface area contributed by atoms with Crippen LogP contribution in [-0.2, 0) is 12.8 Å². The van der Waals surface area contributed by atoms with Gasteiger partial charge in [0.15, 0.2) is 23.1 Å². The number of esters is 4. The van der Waals surface area contributed by atoms with E-state index in [1.807, 2.05) is 6.07 Å². The number of hydrogen-bond donors (Lipinski definition) is 0. The minimum absolute atomic E-state index is 0.0602. The summed E-state index contributed by atoms with van der Waals surface area (Å²) in [5.41, 5.74) is 6.21. The number of ether oxygens (including phenoxy) is 4. The average molecular weight is 1020 g/mol. The zero-order valence-electron chi connectivity index (χ0n) is 43.2. The van der Waals surface area contributed by atoms with E-state index in [2.05, 4.69) is 62.4 Å². The second kappa shape index (κ2) is 28.4. The van der Waals surface area contributed by atoms with Crippen LogP contribution < -0.4 is 18.9 Å². The summed E-state index contributed by atoms with van der Waals surface area (Å²) in [5, 5.41) is 9.67. The van der Waals surface area contributed by atoms with Crippen LogP contribution >= 0.6 is 0 Å². The number of rotatable bonds is 26. The van der Waals surface area contributed by atoms with Gasteiger partial charge in [-0.1, -0.05) is 164 Å². The van der Waals surface area contributed by atoms with Crippen molar-refractivity contribution in [2.75, 3.05) is 0 Å². The molecule has 0 unspecified atom stereocenters. The number of nitrogens with zero attached hydrogens (tertiary/aromatic N) is 1. The molecule has 0 fully saturated rings. The highest BCUT2D eigenvalue weighted by atomic mass is 19.1. The smallest absolute Gasteiger partial charge is 0.343 e. The largest absolute Gasteiger partial charge is 0.423 e. The molecule has 0 heterocycles. The van der Waals surface area contributed by atoms with Gasteiger partial charge in [0.25, 0.3) is 0 Å². The fourth-order valence-corrected chi connectivity index (χ4v) is 8.72. The van der Waals surface area contributed by atoms with E-state index in [0.29, 0.717) is 0 Å². The van der Waals surface area contributed by atoms with E-state index in [0.717, 1.165) is 78.3 Å². The minimum Gasteiger partial charge on any atom is -0.423 e. The molecular weight excluding hydrogens is 961 g/mol. The van der Waals surface area contributed by atoms with Gasteiger partial charge in [0, 0.05) is 6.07 Å². The first kappa shape index (κ1) is 55.5. The Morgan fingerprint density at radius 3 is 1.04 bits per heavy atom. The van der Waals surface area contributed by atoms with Crippen LogP contribution in [0.3, 0.4) is 0 Å². The van der Waals surface area contributed by atoms with Gasteiger partial charge in [-0.25, -0.2) is 28.0 Å². The summed E-state index contributed by atoms with van der Waals surface area (Å²) in [6, 6.07) is 42.0. The molecule has 0 aliphatic rings. The third-order valence-corrected chi connectivity index (χ3v) is 13.1. The Kier molecular flexibility index (Phi) is 20.8. The molecule has 76 heavy (non-hydrogen) atoms. The quantitative estimate of drug-likeness (QED) is 0.0296. The van der Waals surface area contributed by atoms with Crippen molar-refractivity contribution >= 4 is 23.9 Å². The monoisotopic (exact) mass is 1020 g/mol. The first-order chi connectivity index (χ1) is 37.0. The topological polar surface area (TPSA) is 129 Å². The Morgan fingerprint density at radius 2 is 0.697 bits per heavy atom. The highest BCUT2D eigenvalue weighted by Crippen LogP contribution is 2.29. The molecule has 0 aromatic heterocycles. The van der Waals surface area contributed by atoms with Crippen LogP contribution in [0.25, 0.3) is 22.3 Å². The normalized spacial score (nSPS) is 10.9. The highest BCUT2D eigenvalue weighted by Gasteiger charge is 2.20. The van der Waals surface area contributed by atoms with Crippen molar-refractivity contribution in [2.45, 2.75) is 117 Å². The van der Waals surface area contributed by atoms with E-state index in [1.165, 1.54) is 112 Å². The van der Waals surface area contributed by atoms with Crippen molar-refractivity contribution in [1.29, 1.82) is 5.26 Å². The molecule has 0 saturated carbocycles. The number of hydrogen-bond acceptors (Lipinski definition) is 9. The molecule has 11 heteroatoms. The van der Waals surface area contributed by atoms with Crippen molar-refractivity contribution in [3.63, 3.8) is 0 Å². The maximum absolute atomic E-state index is 15.3. The van der Waals surface area contributed by atoms with Crippen LogP contribution in [0, 0.1) is 23.0 Å². The third-order valence-electron chi connectivity index (χ3n) is 13.1. The summed E-state index contributed by atoms with van der Waals surface area (Å²) in [6.45, 7) is 4.45. The average Bonchev–Trinajstić information content (AvgIpc) is 3.44. The summed E-state index contributed by atoms with van der Waals surface area (Å²) in [7, 11) is 0. The van der Waals surface area contributed by atoms with Gasteiger partial charge in [-0.15, -0.1) is 0 Å². The summed E-state index contributed by atoms with van der Waals surface area (Å²) in [5.74, 6) is -6.97. The van der Waals surface area contributed by atoms with Crippen LogP contribution in [0.1, 0.15) is 162 Å². The molecule has 0 amide bonds. The SMILES string of the molecule is CCCCCCCCCc1ccc(-c2ccc(C(=O)Oc3ccc(C(=O)Oc4cc(C#N)cc(OC(=O)c5ccc(OC(=O)c6ccc(-c7ccc(CCCCCCCCC)cc7)cc6)c(F)c5)c4)cc3F)cc2)cc1. The Balaban J connectivity index is 0.881. The predicted octanol–water partition coefficient (Wildman–Crippen LogP) is 16.6. The lowest BCUT2D eigenvalue weighted by molar-refractivity contribution is 0.0716. The van der Waals surface area contributed by atoms with Gasteiger partial charge in [-0.3, -0.25) is 0 Å². The van der Waals surface area contributed by atoms with Crippen molar-refractivity contribution in [3.8, 4) is 51.3 Å². The second-order valence-corrected chi connectivity index (χ2v) is 18.9. The Bertz CT molecular complexity index is 2910. The lowest BCUT2D eigenvalue weighted by atomic mass is 10.00. The second-order valence-electron chi connectivity index (χ2n) is 18.9. The molecule has 7 aromatic rings. The highest BCUT2D eigenvalue weighted by molar-refractivity contribution is 5.94. The van der Waals surface area contributed by atoms with Gasteiger partial charge >= 0.3 is 23.9 Å². The first-order valence-corrected chi connectivity index (χ1v) is 26.4. The molecule has 0 bridgehead atoms. The zero-order valence-corrected chi connectivity index (χ0v) is 43.2. The maximum Gasteiger partial charge on any atom is 0.343 e. The number of aryl methyl sites for hydroxylation is 2. The Labute approximate surface area is 444 Å². The van der Waals surface area contributed by atoms with Crippen molar-refractivity contribution in [3.05, 3.63) is 202 Å². The molecule has 0 aliphatic carbocycles. The van der Waals surface area contributed by atoms with Crippen molar-refractivity contribution < 1.29 is 46.9 Å². The van der Waals surface area contributed by atoms with E-state index in [4.69, 9.17) is 18.9 Å². The maximum atomic E-state index is 15.3. The lowest BCUT2D eigenvalue weighted by Gasteiger charge is -2.11. The van der Waals surface area contributed by atoms with Crippen molar-refractivity contribution in [2.24, 2.45) is 0 Å². The first-order valence-electron chi connectivity index (χ1n) is 26.4. The van der Waals surface area contributed by atoms with Gasteiger partial charge in [0.05, 0.1) is 33.9 Å². The van der Waals surface area contributed by atoms with Gasteiger partial charge in [0.2, 0.25) is 0 Å². The summed E-state index contributed by atoms with van der Waals surface area (Å²) >= 11 is 0. The molecule has 390 valence electrons. The molecule has 7 rings (SSSR count). The van der Waals surface area contributed by atoms with Crippen molar-refractivity contribution in [1.82, 2.24) is 0 Å². The van der Waals surface area contributed by atoms with Crippen LogP contribution in [-0.4, -0.2) is 23.9 Å². The zero-order chi connectivity index (χ0) is 53.7. The Hall–Kier alpha value is -8.23. The molecule has 0 radical (unpaired) electrons. The molecule has 0 N–H and O–H groups in total. The van der Waals surface area contributed by atoms with Crippen LogP contribution in [0.4, 0.5) is 8.78 Å². The minimum atomic E-state index is -1.03. The summed E-state index contributed by atoms with van der Waals surface area (Å²) in [4.78, 5) is 52.3. The molecule has 0 saturated heterocycles. The lowest BCUT2D eigenvalue weighted by Crippen LogP contribution is -2.13. The molecule has 9 nitrogen and oxygen atoms in total. The van der Waals surface area contributed by atoms with Gasteiger partial charge in [-0.2, -0.15) is 5.26 Å². The molecule has 0 aliphatic heterocycles. The number of unbranched alkanes of at least 4 members (excludes halogenated alkanes) is 12. The number of benzene rings is 7. The molecular formula is C65H63F2NO8. The standard InChI is InChI=1S/C65H63F2NO8/c1-3-5-7-9-11-13-15-17-45-19-23-48(24-20-45)50-27-31-52(32-28-50)62(69)75-60-37-35-54(41-58(60)66)64(71)73-56-39-47(44-68)40-57(43-56)74-65(72)55-36-38-61(59(67)42-55)76-63(70)53-33-29-51(30-34-53)49-25-21-46(22-26-49)18-16-14-12-10-8-6-4-2/h19-43H,3-18H2,1-2H3. The summed E-state index contributed by atoms with van der Waals surface area (Å²) in [6.07, 6.45) is 19.7. The van der Waals surface area contributed by atoms with Gasteiger partial charge < -0.3 is 18.9 Å². The van der Waals surface area contributed by atoms with E-state index in [-0.39, 0.29) is 39.3 Å². The third kappa shape index (κ3) is 16.4. The fraction of sp³-hybridized carbons (Fsp3) is 0.277.